The van der Waals surface area contributed by atoms with Gasteiger partial charge in [0.2, 0.25) is 0 Å². The second kappa shape index (κ2) is 15.1. The molecule has 0 amide bonds. The average molecular weight is 796 g/mol. The summed E-state index contributed by atoms with van der Waals surface area (Å²) in [7, 11) is 16.3. The van der Waals surface area contributed by atoms with E-state index >= 15 is 0 Å². The van der Waals surface area contributed by atoms with Crippen LogP contribution in [0.2, 0.25) is 0 Å². The Balaban J connectivity index is 1.14. The standard InChI is InChI=1S/C54H43B7N2/c55-45-42(35-24-27-41-40(29-35)39-21-11-20-38(32-14-6-2-7-15-32)52(39)62(41)36-18-8-3-9-19-36)46(56)50(60)53-43(45)44-47(57)48(58)49(59)51(61)54(44)63(53)37-25-22-31(23-26-37)34-17-10-16-33(28-34)30-12-4-1-5-13-30/h1-29H,55-61H2. The SMILES string of the molecule is Bc1c(B)c(B)c2c(c1B)c1c(B)c(-c3ccc4c(c3)c3cccc(-c5ccccc5)c3n4-c3ccccc3)c(B)c(B)c1n2-c1ccc(-c2cccc(-c3ccccc3)c2)cc1. The number of fused-ring (bicyclic) bond motifs is 6. The van der Waals surface area contributed by atoms with Crippen LogP contribution in [0.25, 0.3) is 99.5 Å². The maximum atomic E-state index is 2.57. The van der Waals surface area contributed by atoms with Crippen molar-refractivity contribution in [1.82, 2.24) is 9.13 Å². The molecule has 0 radical (unpaired) electrons. The molecule has 0 aliphatic rings. The van der Waals surface area contributed by atoms with Crippen molar-refractivity contribution in [2.75, 3.05) is 0 Å². The monoisotopic (exact) mass is 796 g/mol. The van der Waals surface area contributed by atoms with E-state index in [0.29, 0.717) is 0 Å². The third-order valence-electron chi connectivity index (χ3n) is 14.2. The Labute approximate surface area is 375 Å². The smallest absolute Gasteiger partial charge is 0.141 e. The Morgan fingerprint density at radius 1 is 0.286 bits per heavy atom. The zero-order valence-electron chi connectivity index (χ0n) is 37.1. The summed E-state index contributed by atoms with van der Waals surface area (Å²) >= 11 is 0. The number of rotatable bonds is 6. The maximum absolute atomic E-state index is 2.57. The molecule has 0 spiro atoms. The molecule has 0 bridgehead atoms. The lowest BCUT2D eigenvalue weighted by atomic mass is 9.64. The van der Waals surface area contributed by atoms with Crippen molar-refractivity contribution in [3.63, 3.8) is 0 Å². The van der Waals surface area contributed by atoms with Gasteiger partial charge in [0, 0.05) is 44.1 Å². The molecule has 0 aliphatic carbocycles. The van der Waals surface area contributed by atoms with Crippen LogP contribution in [-0.4, -0.2) is 64.1 Å². The van der Waals surface area contributed by atoms with Crippen LogP contribution in [-0.2, 0) is 0 Å². The fraction of sp³-hybridized carbons (Fsp3) is 0. The van der Waals surface area contributed by atoms with Crippen molar-refractivity contribution in [1.29, 1.82) is 0 Å². The van der Waals surface area contributed by atoms with Crippen LogP contribution < -0.4 is 38.2 Å². The highest BCUT2D eigenvalue weighted by Gasteiger charge is 2.25. The van der Waals surface area contributed by atoms with Crippen LogP contribution in [0.15, 0.2) is 176 Å². The van der Waals surface area contributed by atoms with Crippen molar-refractivity contribution < 1.29 is 0 Å². The molecule has 0 saturated heterocycles. The Hall–Kier alpha value is -6.97. The molecule has 290 valence electrons. The summed E-state index contributed by atoms with van der Waals surface area (Å²) in [5.41, 5.74) is 26.7. The fourth-order valence-electron chi connectivity index (χ4n) is 10.6. The molecule has 9 heteroatoms. The van der Waals surface area contributed by atoms with E-state index in [2.05, 4.69) is 240 Å². The van der Waals surface area contributed by atoms with E-state index in [-0.39, 0.29) is 0 Å². The van der Waals surface area contributed by atoms with Crippen LogP contribution in [0, 0.1) is 0 Å². The lowest BCUT2D eigenvalue weighted by Crippen LogP contribution is -2.48. The van der Waals surface area contributed by atoms with Crippen molar-refractivity contribution in [2.45, 2.75) is 0 Å². The van der Waals surface area contributed by atoms with Gasteiger partial charge in [-0.3, -0.25) is 0 Å². The van der Waals surface area contributed by atoms with Crippen molar-refractivity contribution in [3.05, 3.63) is 176 Å². The van der Waals surface area contributed by atoms with Gasteiger partial charge in [0.25, 0.3) is 0 Å². The molecule has 0 aliphatic heterocycles. The second-order valence-electron chi connectivity index (χ2n) is 17.5. The number of hydrogen-bond donors (Lipinski definition) is 0. The molecule has 0 unspecified atom stereocenters. The largest absolute Gasteiger partial charge is 0.310 e. The Morgan fingerprint density at radius 3 is 1.46 bits per heavy atom. The molecule has 2 aromatic heterocycles. The minimum absolute atomic E-state index is 1.16. The summed E-state index contributed by atoms with van der Waals surface area (Å²) in [4.78, 5) is 0. The molecule has 11 aromatic rings. The second-order valence-corrected chi connectivity index (χ2v) is 17.5. The summed E-state index contributed by atoms with van der Waals surface area (Å²) in [5, 5.41) is 5.23. The van der Waals surface area contributed by atoms with Crippen LogP contribution in [0.1, 0.15) is 0 Å². The van der Waals surface area contributed by atoms with E-state index < -0.39 is 0 Å². The zero-order chi connectivity index (χ0) is 43.1. The molecular weight excluding hydrogens is 752 g/mol. The van der Waals surface area contributed by atoms with E-state index in [1.165, 1.54) is 132 Å². The Kier molecular flexibility index (Phi) is 9.35. The first-order valence-corrected chi connectivity index (χ1v) is 22.2. The van der Waals surface area contributed by atoms with Gasteiger partial charge in [0.1, 0.15) is 54.9 Å². The van der Waals surface area contributed by atoms with Gasteiger partial charge in [-0.2, -0.15) is 0 Å². The first-order valence-electron chi connectivity index (χ1n) is 22.2. The Bertz CT molecular complexity index is 3620. The topological polar surface area (TPSA) is 9.86 Å². The zero-order valence-corrected chi connectivity index (χ0v) is 37.1. The quantitative estimate of drug-likeness (QED) is 0.229. The lowest BCUT2D eigenvalue weighted by molar-refractivity contribution is 1.18. The number of hydrogen-bond acceptors (Lipinski definition) is 0. The molecular formula is C54H43B7N2. The minimum atomic E-state index is 1.16. The number of aromatic nitrogens is 2. The van der Waals surface area contributed by atoms with Gasteiger partial charge in [-0.1, -0.05) is 166 Å². The normalized spacial score (nSPS) is 11.6. The molecule has 0 fully saturated rings. The van der Waals surface area contributed by atoms with Gasteiger partial charge in [-0.05, 0) is 86.8 Å². The summed E-state index contributed by atoms with van der Waals surface area (Å²) in [6.45, 7) is 0. The van der Waals surface area contributed by atoms with E-state index in [1.807, 2.05) is 0 Å². The number of benzene rings is 9. The van der Waals surface area contributed by atoms with E-state index in [4.69, 9.17) is 0 Å². The van der Waals surface area contributed by atoms with Gasteiger partial charge in [0.15, 0.2) is 0 Å². The molecule has 0 N–H and O–H groups in total. The molecule has 63 heavy (non-hydrogen) atoms. The highest BCUT2D eigenvalue weighted by atomic mass is 15.0. The average Bonchev–Trinajstić information content (AvgIpc) is 3.87. The van der Waals surface area contributed by atoms with Gasteiger partial charge in [0.05, 0.1) is 11.0 Å². The van der Waals surface area contributed by atoms with Crippen LogP contribution >= 0.6 is 0 Å². The Morgan fingerprint density at radius 2 is 0.794 bits per heavy atom. The molecule has 9 aromatic carbocycles. The summed E-state index contributed by atoms with van der Waals surface area (Å²) < 4.78 is 5.03. The predicted molar refractivity (Wildman–Crippen MR) is 294 cm³/mol. The highest BCUT2D eigenvalue weighted by Crippen LogP contribution is 2.40. The van der Waals surface area contributed by atoms with Crippen molar-refractivity contribution in [3.8, 4) is 55.9 Å². The van der Waals surface area contributed by atoms with Crippen molar-refractivity contribution >= 4 is 137 Å². The minimum Gasteiger partial charge on any atom is -0.310 e. The number of para-hydroxylation sites is 2. The summed E-state index contributed by atoms with van der Waals surface area (Å²) in [6, 6.07) is 64.4. The fourth-order valence-corrected chi connectivity index (χ4v) is 10.6. The van der Waals surface area contributed by atoms with Crippen LogP contribution in [0.3, 0.4) is 0 Å². The van der Waals surface area contributed by atoms with Crippen molar-refractivity contribution in [2.24, 2.45) is 0 Å². The van der Waals surface area contributed by atoms with Gasteiger partial charge < -0.3 is 9.13 Å². The molecule has 0 atom stereocenters. The summed E-state index contributed by atoms with van der Waals surface area (Å²) in [6.07, 6.45) is 0. The van der Waals surface area contributed by atoms with Crippen LogP contribution in [0.4, 0.5) is 0 Å². The lowest BCUT2D eigenvalue weighted by Gasteiger charge is -2.19. The molecule has 11 rings (SSSR count). The van der Waals surface area contributed by atoms with Gasteiger partial charge in [-0.15, -0.1) is 5.46 Å². The maximum Gasteiger partial charge on any atom is 0.141 e. The van der Waals surface area contributed by atoms with E-state index in [9.17, 15) is 0 Å². The molecule has 2 nitrogen and oxygen atoms in total. The van der Waals surface area contributed by atoms with Gasteiger partial charge in [-0.25, -0.2) is 0 Å². The third-order valence-corrected chi connectivity index (χ3v) is 14.2. The molecule has 0 saturated carbocycles. The summed E-state index contributed by atoms with van der Waals surface area (Å²) in [5.74, 6) is 0. The third kappa shape index (κ3) is 6.04. The number of nitrogens with zero attached hydrogens (tertiary/aromatic N) is 2. The first kappa shape index (κ1) is 38.9. The van der Waals surface area contributed by atoms with Crippen LogP contribution in [0.5, 0.6) is 0 Å². The van der Waals surface area contributed by atoms with E-state index in [1.54, 1.807) is 0 Å². The van der Waals surface area contributed by atoms with E-state index in [0.717, 1.165) is 5.69 Å². The van der Waals surface area contributed by atoms with Gasteiger partial charge >= 0.3 is 0 Å². The highest BCUT2D eigenvalue weighted by molar-refractivity contribution is 6.69. The molecule has 2 heterocycles. The first-order chi connectivity index (χ1) is 30.7. The predicted octanol–water partition coefficient (Wildman–Crippen LogP) is 2.36.